The van der Waals surface area contributed by atoms with Crippen LogP contribution in [0.4, 0.5) is 0 Å². The van der Waals surface area contributed by atoms with Crippen LogP contribution >= 0.6 is 12.4 Å². The van der Waals surface area contributed by atoms with Gasteiger partial charge in [0.05, 0.1) is 0 Å². The molecule has 0 fully saturated rings. The van der Waals surface area contributed by atoms with E-state index >= 15 is 0 Å². The van der Waals surface area contributed by atoms with Crippen molar-refractivity contribution in [3.8, 4) is 0 Å². The van der Waals surface area contributed by atoms with Gasteiger partial charge in [-0.2, -0.15) is 0 Å². The third kappa shape index (κ3) is 11.0. The van der Waals surface area contributed by atoms with Gasteiger partial charge in [-0.05, 0) is 39.0 Å². The number of nitrogens with one attached hydrogen (secondary N) is 1. The second-order valence-corrected chi connectivity index (χ2v) is 2.03. The fourth-order valence-electron chi connectivity index (χ4n) is 0.579. The molecule has 0 saturated carbocycles. The van der Waals surface area contributed by atoms with E-state index in [9.17, 15) is 0 Å². The van der Waals surface area contributed by atoms with Gasteiger partial charge in [0.2, 0.25) is 0 Å². The van der Waals surface area contributed by atoms with Crippen LogP contribution in [-0.4, -0.2) is 26.2 Å². The van der Waals surface area contributed by atoms with Gasteiger partial charge in [-0.1, -0.05) is 0 Å². The summed E-state index contributed by atoms with van der Waals surface area (Å²) in [5.74, 6) is 0. The zero-order chi connectivity index (χ0) is 6.95. The van der Waals surface area contributed by atoms with E-state index in [2.05, 4.69) is 5.32 Å². The Labute approximate surface area is 68.9 Å². The van der Waals surface area contributed by atoms with E-state index in [1.54, 1.807) is 0 Å². The summed E-state index contributed by atoms with van der Waals surface area (Å²) in [6, 6.07) is 0. The van der Waals surface area contributed by atoms with Gasteiger partial charge in [0.1, 0.15) is 0 Å². The minimum atomic E-state index is 0. The Morgan fingerprint density at radius 3 is 1.60 bits per heavy atom. The Kier molecular flexibility index (Phi) is 15.3. The maximum atomic E-state index is 5.28. The van der Waals surface area contributed by atoms with Crippen molar-refractivity contribution in [3.05, 3.63) is 0 Å². The molecule has 4 heteroatoms. The predicted molar refractivity (Wildman–Crippen MR) is 47.5 cm³/mol. The summed E-state index contributed by atoms with van der Waals surface area (Å²) < 4.78 is 0. The minimum absolute atomic E-state index is 0. The summed E-state index contributed by atoms with van der Waals surface area (Å²) in [4.78, 5) is 0. The van der Waals surface area contributed by atoms with E-state index in [4.69, 9.17) is 11.5 Å². The predicted octanol–water partition coefficient (Wildman–Crippen LogP) is -0.305. The normalized spacial score (nSPS) is 9.00. The molecular formula is C6H18ClN3. The number of hydrogen-bond donors (Lipinski definition) is 3. The molecule has 0 atom stereocenters. The molecule has 0 aliphatic rings. The van der Waals surface area contributed by atoms with Gasteiger partial charge in [0.15, 0.2) is 0 Å². The van der Waals surface area contributed by atoms with Crippen molar-refractivity contribution in [2.24, 2.45) is 11.5 Å². The van der Waals surface area contributed by atoms with Gasteiger partial charge >= 0.3 is 0 Å². The fourth-order valence-corrected chi connectivity index (χ4v) is 0.579. The minimum Gasteiger partial charge on any atom is -0.330 e. The number of nitrogens with two attached hydrogens (primary N) is 2. The molecule has 5 N–H and O–H groups in total. The van der Waals surface area contributed by atoms with E-state index in [1.807, 2.05) is 0 Å². The Morgan fingerprint density at radius 2 is 1.30 bits per heavy atom. The molecule has 3 nitrogen and oxygen atoms in total. The topological polar surface area (TPSA) is 64.1 Å². The zero-order valence-corrected chi connectivity index (χ0v) is 7.12. The summed E-state index contributed by atoms with van der Waals surface area (Å²) in [6.07, 6.45) is 2.12. The molecule has 0 saturated heterocycles. The van der Waals surface area contributed by atoms with Crippen LogP contribution < -0.4 is 16.8 Å². The second kappa shape index (κ2) is 11.9. The Morgan fingerprint density at radius 1 is 0.900 bits per heavy atom. The molecule has 0 aliphatic carbocycles. The average Bonchev–Trinajstić information content (AvgIpc) is 1.89. The largest absolute Gasteiger partial charge is 0.330 e. The highest BCUT2D eigenvalue weighted by Crippen LogP contribution is 1.72. The fraction of sp³-hybridized carbons (Fsp3) is 1.00. The first-order valence-electron chi connectivity index (χ1n) is 3.52. The molecule has 0 amide bonds. The van der Waals surface area contributed by atoms with Crippen molar-refractivity contribution in [2.75, 3.05) is 26.2 Å². The molecule has 0 bridgehead atoms. The quantitative estimate of drug-likeness (QED) is 0.476. The molecule has 64 valence electrons. The lowest BCUT2D eigenvalue weighted by Gasteiger charge is -2.00. The van der Waals surface area contributed by atoms with Gasteiger partial charge in [0, 0.05) is 0 Å². The molecule has 0 rings (SSSR count). The monoisotopic (exact) mass is 167 g/mol. The molecule has 0 radical (unpaired) electrons. The van der Waals surface area contributed by atoms with E-state index in [1.165, 1.54) is 0 Å². The van der Waals surface area contributed by atoms with Gasteiger partial charge in [0.25, 0.3) is 0 Å². The van der Waals surface area contributed by atoms with Gasteiger partial charge < -0.3 is 16.8 Å². The summed E-state index contributed by atoms with van der Waals surface area (Å²) in [5.41, 5.74) is 10.6. The highest BCUT2D eigenvalue weighted by atomic mass is 35.5. The van der Waals surface area contributed by atoms with Gasteiger partial charge in [-0.3, -0.25) is 0 Å². The third-order valence-corrected chi connectivity index (χ3v) is 1.12. The van der Waals surface area contributed by atoms with Crippen molar-refractivity contribution >= 4 is 12.4 Å². The second-order valence-electron chi connectivity index (χ2n) is 2.03. The summed E-state index contributed by atoms with van der Waals surface area (Å²) >= 11 is 0. The number of halogens is 1. The standard InChI is InChI=1S/C6H17N3.ClH/c7-3-1-5-9-6-2-4-8;/h9H,1-8H2;1H. The smallest absolute Gasteiger partial charge is 0.00369 e. The van der Waals surface area contributed by atoms with Crippen LogP contribution in [0, 0.1) is 0 Å². The van der Waals surface area contributed by atoms with Crippen LogP contribution in [0.1, 0.15) is 12.8 Å². The SMILES string of the molecule is Cl.NCCCNCCCN. The lowest BCUT2D eigenvalue weighted by molar-refractivity contribution is 0.631. The van der Waals surface area contributed by atoms with Gasteiger partial charge in [-0.25, -0.2) is 0 Å². The van der Waals surface area contributed by atoms with Crippen LogP contribution in [0.5, 0.6) is 0 Å². The summed E-state index contributed by atoms with van der Waals surface area (Å²) in [5, 5.41) is 3.23. The van der Waals surface area contributed by atoms with E-state index in [0.717, 1.165) is 39.0 Å². The highest BCUT2D eigenvalue weighted by molar-refractivity contribution is 5.85. The van der Waals surface area contributed by atoms with Crippen LogP contribution in [-0.2, 0) is 0 Å². The van der Waals surface area contributed by atoms with Gasteiger partial charge in [-0.15, -0.1) is 12.4 Å². The number of rotatable bonds is 6. The molecule has 10 heavy (non-hydrogen) atoms. The first kappa shape index (κ1) is 12.8. The lowest BCUT2D eigenvalue weighted by Crippen LogP contribution is -2.21. The van der Waals surface area contributed by atoms with E-state index in [-0.39, 0.29) is 12.4 Å². The van der Waals surface area contributed by atoms with E-state index < -0.39 is 0 Å². The van der Waals surface area contributed by atoms with Crippen LogP contribution in [0.3, 0.4) is 0 Å². The number of hydrogen-bond acceptors (Lipinski definition) is 3. The average molecular weight is 168 g/mol. The van der Waals surface area contributed by atoms with Crippen LogP contribution in [0.15, 0.2) is 0 Å². The van der Waals surface area contributed by atoms with Crippen molar-refractivity contribution in [1.29, 1.82) is 0 Å². The lowest BCUT2D eigenvalue weighted by atomic mass is 10.4. The summed E-state index contributed by atoms with van der Waals surface area (Å²) in [6.45, 7) is 3.60. The zero-order valence-electron chi connectivity index (χ0n) is 6.31. The third-order valence-electron chi connectivity index (χ3n) is 1.12. The highest BCUT2D eigenvalue weighted by Gasteiger charge is 1.83. The molecule has 0 aromatic carbocycles. The van der Waals surface area contributed by atoms with Crippen molar-refractivity contribution in [3.63, 3.8) is 0 Å². The first-order chi connectivity index (χ1) is 4.41. The molecule has 0 spiro atoms. The van der Waals surface area contributed by atoms with Crippen molar-refractivity contribution < 1.29 is 0 Å². The van der Waals surface area contributed by atoms with Crippen LogP contribution in [0.25, 0.3) is 0 Å². The Balaban J connectivity index is 0. The van der Waals surface area contributed by atoms with E-state index in [0.29, 0.717) is 0 Å². The molecule has 0 unspecified atom stereocenters. The Hall–Kier alpha value is 0.170. The molecular weight excluding hydrogens is 150 g/mol. The first-order valence-corrected chi connectivity index (χ1v) is 3.52. The maximum absolute atomic E-state index is 5.28. The molecule has 0 heterocycles. The maximum Gasteiger partial charge on any atom is -0.00369 e. The summed E-state index contributed by atoms with van der Waals surface area (Å²) in [7, 11) is 0. The van der Waals surface area contributed by atoms with Crippen molar-refractivity contribution in [2.45, 2.75) is 12.8 Å². The molecule has 0 aliphatic heterocycles. The Bertz CT molecular complexity index is 46.3. The van der Waals surface area contributed by atoms with Crippen LogP contribution in [0.2, 0.25) is 0 Å². The molecule has 0 aromatic rings. The van der Waals surface area contributed by atoms with Crippen molar-refractivity contribution in [1.82, 2.24) is 5.32 Å². The molecule has 0 aromatic heterocycles.